The molecule has 0 aromatic heterocycles. The minimum Gasteiger partial charge on any atom is -0.443 e. The number of ether oxygens (including phenoxy) is 3. The minimum atomic E-state index is -0.899. The lowest BCUT2D eigenvalue weighted by Gasteiger charge is -2.34. The zero-order chi connectivity index (χ0) is 31.7. The first-order valence-electron chi connectivity index (χ1n) is 14.8. The molecule has 0 saturated carbocycles. The van der Waals surface area contributed by atoms with Crippen LogP contribution in [0, 0.1) is 0 Å². The first-order valence-corrected chi connectivity index (χ1v) is 17.1. The fraction of sp³-hybridized carbons (Fsp3) is 0.867. The largest absolute Gasteiger partial charge is 0.443 e. The summed E-state index contributed by atoms with van der Waals surface area (Å²) in [5.74, 6) is -0.135. The predicted octanol–water partition coefficient (Wildman–Crippen LogP) is 9.44. The number of carbonyl (C=O) groups excluding carboxylic acids is 3. The molecule has 11 heteroatoms. The zero-order valence-electron chi connectivity index (χ0n) is 26.9. The van der Waals surface area contributed by atoms with Crippen LogP contribution in [0.3, 0.4) is 0 Å². The molecular formula is C30H55Br2N3O6. The quantitative estimate of drug-likeness (QED) is 0.0585. The molecule has 240 valence electrons. The van der Waals surface area contributed by atoms with Gasteiger partial charge in [-0.2, -0.15) is 0 Å². The molecule has 0 aromatic rings. The maximum absolute atomic E-state index is 13.6. The van der Waals surface area contributed by atoms with E-state index in [0.717, 1.165) is 62.0 Å². The third-order valence-electron chi connectivity index (χ3n) is 5.33. The second-order valence-corrected chi connectivity index (χ2v) is 14.7. The Labute approximate surface area is 265 Å². The topological polar surface area (TPSA) is 97.7 Å². The van der Waals surface area contributed by atoms with Gasteiger partial charge in [0.15, 0.2) is 0 Å². The Balaban J connectivity index is 6.52. The lowest BCUT2D eigenvalue weighted by molar-refractivity contribution is 0.0272. The number of guanidine groups is 1. The lowest BCUT2D eigenvalue weighted by atomic mass is 10.1. The number of alkyl halides is 2. The third-order valence-corrected chi connectivity index (χ3v) is 6.45. The second-order valence-electron chi connectivity index (χ2n) is 13.1. The molecule has 0 saturated heterocycles. The highest BCUT2D eigenvalue weighted by Crippen LogP contribution is 2.19. The van der Waals surface area contributed by atoms with Crippen LogP contribution < -0.4 is 0 Å². The molecular weight excluding hydrogens is 658 g/mol. The fourth-order valence-electron chi connectivity index (χ4n) is 3.60. The molecule has 0 spiro atoms. The Bertz CT molecular complexity index is 767. The lowest BCUT2D eigenvalue weighted by Crippen LogP contribution is -2.53. The highest BCUT2D eigenvalue weighted by Gasteiger charge is 2.35. The number of carbonyl (C=O) groups is 3. The van der Waals surface area contributed by atoms with Gasteiger partial charge in [-0.1, -0.05) is 70.4 Å². The average molecular weight is 714 g/mol. The number of hydrogen-bond donors (Lipinski definition) is 0. The smallest absolute Gasteiger partial charge is 0.437 e. The minimum absolute atomic E-state index is 0.135. The molecule has 0 radical (unpaired) electrons. The first-order chi connectivity index (χ1) is 18.9. The van der Waals surface area contributed by atoms with E-state index in [4.69, 9.17) is 14.2 Å². The Kier molecular flexibility index (Phi) is 19.1. The average Bonchev–Trinajstić information content (AvgIpc) is 2.78. The van der Waals surface area contributed by atoms with Gasteiger partial charge in [-0.15, -0.1) is 4.99 Å². The van der Waals surface area contributed by atoms with Gasteiger partial charge in [0.1, 0.15) is 16.8 Å². The summed E-state index contributed by atoms with van der Waals surface area (Å²) in [7, 11) is 0. The molecule has 41 heavy (non-hydrogen) atoms. The van der Waals surface area contributed by atoms with E-state index in [0.29, 0.717) is 12.8 Å². The van der Waals surface area contributed by atoms with Gasteiger partial charge in [0.25, 0.3) is 0 Å². The van der Waals surface area contributed by atoms with Crippen molar-refractivity contribution in [1.82, 2.24) is 9.80 Å². The number of aliphatic imine (C=N–C) groups is 1. The van der Waals surface area contributed by atoms with Crippen LogP contribution in [0.4, 0.5) is 14.4 Å². The highest BCUT2D eigenvalue weighted by molar-refractivity contribution is 9.09. The van der Waals surface area contributed by atoms with Gasteiger partial charge in [0.2, 0.25) is 5.96 Å². The first kappa shape index (κ1) is 39.6. The van der Waals surface area contributed by atoms with Gasteiger partial charge in [-0.25, -0.2) is 24.2 Å². The van der Waals surface area contributed by atoms with E-state index >= 15 is 0 Å². The van der Waals surface area contributed by atoms with Crippen molar-refractivity contribution in [2.75, 3.05) is 23.7 Å². The van der Waals surface area contributed by atoms with Crippen molar-refractivity contribution in [2.24, 2.45) is 4.99 Å². The van der Waals surface area contributed by atoms with Crippen LogP contribution in [0.1, 0.15) is 127 Å². The van der Waals surface area contributed by atoms with Crippen LogP contribution in [0.15, 0.2) is 4.99 Å². The summed E-state index contributed by atoms with van der Waals surface area (Å²) in [6.45, 7) is 16.3. The van der Waals surface area contributed by atoms with Gasteiger partial charge in [0, 0.05) is 23.7 Å². The molecule has 0 fully saturated rings. The van der Waals surface area contributed by atoms with E-state index in [9.17, 15) is 14.4 Å². The van der Waals surface area contributed by atoms with Gasteiger partial charge < -0.3 is 14.2 Å². The third kappa shape index (κ3) is 21.1. The van der Waals surface area contributed by atoms with Gasteiger partial charge in [-0.3, -0.25) is 0 Å². The summed E-state index contributed by atoms with van der Waals surface area (Å²) in [4.78, 5) is 47.0. The number of rotatable bonds is 14. The molecule has 9 nitrogen and oxygen atoms in total. The molecule has 0 aliphatic rings. The van der Waals surface area contributed by atoms with Crippen molar-refractivity contribution in [3.8, 4) is 0 Å². The summed E-state index contributed by atoms with van der Waals surface area (Å²) in [5.41, 5.74) is -2.41. The number of halogens is 2. The molecule has 0 aromatic carbocycles. The Morgan fingerprint density at radius 2 is 0.854 bits per heavy atom. The molecule has 0 heterocycles. The van der Waals surface area contributed by atoms with E-state index in [1.165, 1.54) is 9.80 Å². The van der Waals surface area contributed by atoms with Crippen molar-refractivity contribution in [3.63, 3.8) is 0 Å². The van der Waals surface area contributed by atoms with Gasteiger partial charge in [-0.05, 0) is 88.0 Å². The molecule has 0 aliphatic carbocycles. The standard InChI is InChI=1S/C30H55Br2N3O6/c1-28(2,3)39-25(36)33-24(34(26(37)40-29(4,5)6)22-18-14-10-12-16-20-31)35(27(38)41-30(7,8)9)23-19-15-11-13-17-21-32/h10-23H2,1-9H3. The molecule has 0 aliphatic heterocycles. The van der Waals surface area contributed by atoms with Crippen molar-refractivity contribution in [2.45, 2.75) is 143 Å². The van der Waals surface area contributed by atoms with Crippen molar-refractivity contribution in [1.29, 1.82) is 0 Å². The van der Waals surface area contributed by atoms with Gasteiger partial charge >= 0.3 is 18.3 Å². The van der Waals surface area contributed by atoms with E-state index in [1.54, 1.807) is 62.3 Å². The Morgan fingerprint density at radius 1 is 0.537 bits per heavy atom. The highest BCUT2D eigenvalue weighted by atomic mass is 79.9. The zero-order valence-corrected chi connectivity index (χ0v) is 30.1. The number of hydrogen-bond acceptors (Lipinski definition) is 6. The summed E-state index contributed by atoms with van der Waals surface area (Å²) >= 11 is 6.92. The number of amides is 3. The van der Waals surface area contributed by atoms with Crippen LogP contribution >= 0.6 is 31.9 Å². The molecule has 0 N–H and O–H groups in total. The van der Waals surface area contributed by atoms with E-state index in [1.807, 2.05) is 0 Å². The van der Waals surface area contributed by atoms with E-state index in [-0.39, 0.29) is 19.0 Å². The summed E-state index contributed by atoms with van der Waals surface area (Å²) in [6.07, 6.45) is 7.01. The predicted molar refractivity (Wildman–Crippen MR) is 173 cm³/mol. The van der Waals surface area contributed by atoms with Crippen LogP contribution in [0.2, 0.25) is 0 Å². The molecule has 0 rings (SSSR count). The maximum Gasteiger partial charge on any atom is 0.437 e. The second kappa shape index (κ2) is 19.8. The normalized spacial score (nSPS) is 12.0. The molecule has 3 amide bonds. The fourth-order valence-corrected chi connectivity index (χ4v) is 4.40. The monoisotopic (exact) mass is 711 g/mol. The van der Waals surface area contributed by atoms with Crippen molar-refractivity contribution in [3.05, 3.63) is 0 Å². The number of unbranched alkanes of at least 4 members (excludes halogenated alkanes) is 8. The number of nitrogens with zero attached hydrogens (tertiary/aromatic N) is 3. The van der Waals surface area contributed by atoms with E-state index in [2.05, 4.69) is 36.9 Å². The Hall–Kier alpha value is -1.36. The SMILES string of the molecule is CC(C)(C)OC(=O)N=C(N(CCCCCCCBr)C(=O)OC(C)(C)C)N(CCCCCCCBr)C(=O)OC(C)(C)C. The summed E-state index contributed by atoms with van der Waals surface area (Å²) in [6, 6.07) is 0. The summed E-state index contributed by atoms with van der Waals surface area (Å²) in [5, 5.41) is 1.90. The molecule has 0 atom stereocenters. The van der Waals surface area contributed by atoms with Gasteiger partial charge in [0.05, 0.1) is 0 Å². The Morgan fingerprint density at radius 3 is 1.17 bits per heavy atom. The van der Waals surface area contributed by atoms with Crippen LogP contribution in [-0.2, 0) is 14.2 Å². The van der Waals surface area contributed by atoms with Crippen molar-refractivity contribution < 1.29 is 28.6 Å². The maximum atomic E-state index is 13.6. The molecule has 0 bridgehead atoms. The van der Waals surface area contributed by atoms with Crippen LogP contribution in [0.5, 0.6) is 0 Å². The molecule has 0 unspecified atom stereocenters. The van der Waals surface area contributed by atoms with Crippen molar-refractivity contribution >= 4 is 56.1 Å². The van der Waals surface area contributed by atoms with E-state index < -0.39 is 35.1 Å². The summed E-state index contributed by atoms with van der Waals surface area (Å²) < 4.78 is 16.9. The van der Waals surface area contributed by atoms with Crippen LogP contribution in [-0.4, -0.2) is 74.6 Å². The van der Waals surface area contributed by atoms with Crippen LogP contribution in [0.25, 0.3) is 0 Å².